The van der Waals surface area contributed by atoms with E-state index in [1.54, 1.807) is 37.4 Å². The maximum atomic E-state index is 12.9. The number of tetrazole rings is 1. The Hall–Kier alpha value is -3.73. The van der Waals surface area contributed by atoms with Gasteiger partial charge in [-0.15, -0.1) is 5.10 Å². The number of carbonyl (C=O) groups is 2. The highest BCUT2D eigenvalue weighted by Crippen LogP contribution is 2.30. The standard InChI is InChI=1S/C23H26N8O3/c1-14(13-32)31-21(27-28-29-31)18-6-3-7-20(25-18)26-22(33)19-10-17-12-30(9-8-16(17)11-24-19)23(34)15-4-2-5-15/h3,6-7,10-11,14-15,32H,2,4-5,8-9,12-13H2,1H3,(H,25,26,33)/t14-/m1/s1. The fraction of sp³-hybridized carbons (Fsp3) is 0.435. The van der Waals surface area contributed by atoms with E-state index < -0.39 is 5.91 Å². The summed E-state index contributed by atoms with van der Waals surface area (Å²) >= 11 is 0. The van der Waals surface area contributed by atoms with Crippen molar-refractivity contribution >= 4 is 17.6 Å². The summed E-state index contributed by atoms with van der Waals surface area (Å²) in [6, 6.07) is 6.58. The molecule has 3 aromatic heterocycles. The summed E-state index contributed by atoms with van der Waals surface area (Å²) in [4.78, 5) is 36.3. The van der Waals surface area contributed by atoms with Gasteiger partial charge in [-0.3, -0.25) is 14.6 Å². The molecule has 0 bridgehead atoms. The van der Waals surface area contributed by atoms with Crippen molar-refractivity contribution in [3.63, 3.8) is 0 Å². The molecule has 0 aromatic carbocycles. The van der Waals surface area contributed by atoms with Crippen molar-refractivity contribution in [1.29, 1.82) is 0 Å². The van der Waals surface area contributed by atoms with Gasteiger partial charge < -0.3 is 15.3 Å². The van der Waals surface area contributed by atoms with E-state index in [9.17, 15) is 14.7 Å². The van der Waals surface area contributed by atoms with Gasteiger partial charge >= 0.3 is 0 Å². The van der Waals surface area contributed by atoms with Crippen LogP contribution in [-0.4, -0.2) is 65.1 Å². The van der Waals surface area contributed by atoms with Gasteiger partial charge in [-0.1, -0.05) is 12.5 Å². The second-order valence-corrected chi connectivity index (χ2v) is 8.82. The molecule has 1 saturated carbocycles. The van der Waals surface area contributed by atoms with Gasteiger partial charge in [0.1, 0.15) is 17.2 Å². The number of pyridine rings is 2. The summed E-state index contributed by atoms with van der Waals surface area (Å²) < 4.78 is 1.48. The highest BCUT2D eigenvalue weighted by molar-refractivity contribution is 6.02. The Morgan fingerprint density at radius 1 is 1.26 bits per heavy atom. The van der Waals surface area contributed by atoms with Crippen LogP contribution in [0.5, 0.6) is 0 Å². The van der Waals surface area contributed by atoms with E-state index in [0.717, 1.165) is 36.8 Å². The number of amides is 2. The lowest BCUT2D eigenvalue weighted by Crippen LogP contribution is -2.41. The summed E-state index contributed by atoms with van der Waals surface area (Å²) in [5, 5.41) is 23.8. The third kappa shape index (κ3) is 4.26. The molecule has 0 unspecified atom stereocenters. The Balaban J connectivity index is 1.31. The molecule has 2 N–H and O–H groups in total. The Bertz CT molecular complexity index is 1220. The molecule has 11 heteroatoms. The monoisotopic (exact) mass is 462 g/mol. The van der Waals surface area contributed by atoms with E-state index in [4.69, 9.17) is 0 Å². The Morgan fingerprint density at radius 3 is 2.88 bits per heavy atom. The average Bonchev–Trinajstić information content (AvgIpc) is 3.32. The Morgan fingerprint density at radius 2 is 2.12 bits per heavy atom. The van der Waals surface area contributed by atoms with Crippen LogP contribution >= 0.6 is 0 Å². The first-order chi connectivity index (χ1) is 16.5. The van der Waals surface area contributed by atoms with Crippen LogP contribution in [0.4, 0.5) is 5.82 Å². The van der Waals surface area contributed by atoms with Crippen molar-refractivity contribution in [1.82, 2.24) is 35.1 Å². The van der Waals surface area contributed by atoms with Gasteiger partial charge in [0.15, 0.2) is 0 Å². The summed E-state index contributed by atoms with van der Waals surface area (Å²) in [6.45, 7) is 2.86. The Labute approximate surface area is 196 Å². The zero-order valence-electron chi connectivity index (χ0n) is 18.9. The van der Waals surface area contributed by atoms with E-state index in [0.29, 0.717) is 30.4 Å². The second-order valence-electron chi connectivity index (χ2n) is 8.82. The molecule has 4 heterocycles. The molecular weight excluding hydrogens is 436 g/mol. The van der Waals surface area contributed by atoms with Crippen LogP contribution in [0.3, 0.4) is 0 Å². The highest BCUT2D eigenvalue weighted by Gasteiger charge is 2.31. The van der Waals surface area contributed by atoms with E-state index in [1.165, 1.54) is 4.68 Å². The van der Waals surface area contributed by atoms with Crippen molar-refractivity contribution in [2.24, 2.45) is 5.92 Å². The summed E-state index contributed by atoms with van der Waals surface area (Å²) in [6.07, 6.45) is 5.55. The van der Waals surface area contributed by atoms with Crippen molar-refractivity contribution in [2.45, 2.75) is 45.2 Å². The maximum absolute atomic E-state index is 12.9. The van der Waals surface area contributed by atoms with Gasteiger partial charge in [-0.25, -0.2) is 9.67 Å². The van der Waals surface area contributed by atoms with Gasteiger partial charge in [0.05, 0.1) is 12.6 Å². The molecule has 1 aliphatic carbocycles. The van der Waals surface area contributed by atoms with Gasteiger partial charge in [0.2, 0.25) is 11.7 Å². The van der Waals surface area contributed by atoms with E-state index in [2.05, 4.69) is 30.8 Å². The molecule has 2 amide bonds. The lowest BCUT2D eigenvalue weighted by molar-refractivity contribution is -0.139. The summed E-state index contributed by atoms with van der Waals surface area (Å²) in [5.74, 6) is 0.707. The van der Waals surface area contributed by atoms with Gasteiger partial charge in [0.25, 0.3) is 5.91 Å². The van der Waals surface area contributed by atoms with Crippen LogP contribution < -0.4 is 5.32 Å². The molecular formula is C23H26N8O3. The van der Waals surface area contributed by atoms with Gasteiger partial charge in [-0.05, 0) is 65.9 Å². The number of rotatable bonds is 6. The summed E-state index contributed by atoms with van der Waals surface area (Å²) in [5.41, 5.74) is 2.76. The van der Waals surface area contributed by atoms with Crippen LogP contribution in [0.25, 0.3) is 11.5 Å². The van der Waals surface area contributed by atoms with Crippen molar-refractivity contribution < 1.29 is 14.7 Å². The molecule has 0 saturated heterocycles. The number of hydrogen-bond acceptors (Lipinski definition) is 8. The molecule has 11 nitrogen and oxygen atoms in total. The molecule has 0 spiro atoms. The fourth-order valence-electron chi connectivity index (χ4n) is 4.21. The molecule has 3 aromatic rings. The quantitative estimate of drug-likeness (QED) is 0.563. The minimum atomic E-state index is -0.391. The predicted molar refractivity (Wildman–Crippen MR) is 121 cm³/mol. The number of anilines is 1. The van der Waals surface area contributed by atoms with E-state index >= 15 is 0 Å². The van der Waals surface area contributed by atoms with Crippen molar-refractivity contribution in [3.05, 3.63) is 47.3 Å². The molecule has 176 valence electrons. The zero-order valence-corrected chi connectivity index (χ0v) is 18.9. The smallest absolute Gasteiger partial charge is 0.275 e. The molecule has 1 fully saturated rings. The topological polar surface area (TPSA) is 139 Å². The third-order valence-corrected chi connectivity index (χ3v) is 6.49. The largest absolute Gasteiger partial charge is 0.394 e. The minimum Gasteiger partial charge on any atom is -0.394 e. The number of carbonyl (C=O) groups excluding carboxylic acids is 2. The number of aliphatic hydroxyl groups is 1. The average molecular weight is 463 g/mol. The Kier molecular flexibility index (Phi) is 6.01. The number of hydrogen-bond donors (Lipinski definition) is 2. The summed E-state index contributed by atoms with van der Waals surface area (Å²) in [7, 11) is 0. The predicted octanol–water partition coefficient (Wildman–Crippen LogP) is 1.62. The second kappa shape index (κ2) is 9.26. The van der Waals surface area contributed by atoms with Crippen LogP contribution in [0, 0.1) is 5.92 Å². The molecule has 2 aliphatic rings. The van der Waals surface area contributed by atoms with Crippen LogP contribution in [0.2, 0.25) is 0 Å². The molecule has 0 radical (unpaired) electrons. The molecule has 34 heavy (non-hydrogen) atoms. The molecule has 1 atom stereocenters. The first-order valence-corrected chi connectivity index (χ1v) is 11.5. The number of nitrogens with one attached hydrogen (secondary N) is 1. The van der Waals surface area contributed by atoms with Gasteiger partial charge in [0, 0.05) is 25.2 Å². The van der Waals surface area contributed by atoms with Crippen LogP contribution in [-0.2, 0) is 17.8 Å². The van der Waals surface area contributed by atoms with Crippen molar-refractivity contribution in [2.75, 3.05) is 18.5 Å². The third-order valence-electron chi connectivity index (χ3n) is 6.49. The first-order valence-electron chi connectivity index (χ1n) is 11.5. The van der Waals surface area contributed by atoms with E-state index in [1.807, 2.05) is 4.90 Å². The maximum Gasteiger partial charge on any atom is 0.275 e. The van der Waals surface area contributed by atoms with E-state index in [-0.39, 0.29) is 30.2 Å². The first kappa shape index (κ1) is 22.1. The van der Waals surface area contributed by atoms with Crippen molar-refractivity contribution in [3.8, 4) is 11.5 Å². The number of fused-ring (bicyclic) bond motifs is 1. The SMILES string of the molecule is C[C@H](CO)n1nnnc1-c1cccc(NC(=O)c2cc3c(cn2)CCN(C(=O)C2CCC2)C3)n1. The molecule has 1 aliphatic heterocycles. The number of nitrogens with zero attached hydrogens (tertiary/aromatic N) is 7. The lowest BCUT2D eigenvalue weighted by Gasteiger charge is -2.34. The zero-order chi connectivity index (χ0) is 23.7. The normalized spacial score (nSPS) is 16.5. The molecule has 5 rings (SSSR count). The van der Waals surface area contributed by atoms with Crippen LogP contribution in [0.15, 0.2) is 30.5 Å². The highest BCUT2D eigenvalue weighted by atomic mass is 16.3. The lowest BCUT2D eigenvalue weighted by atomic mass is 9.84. The minimum absolute atomic E-state index is 0.123. The number of aromatic nitrogens is 6. The van der Waals surface area contributed by atoms with Gasteiger partial charge in [-0.2, -0.15) is 0 Å². The number of aliphatic hydroxyl groups excluding tert-OH is 1. The van der Waals surface area contributed by atoms with Crippen LogP contribution in [0.1, 0.15) is 53.8 Å². The fourth-order valence-corrected chi connectivity index (χ4v) is 4.21.